The lowest BCUT2D eigenvalue weighted by Crippen LogP contribution is -3.21. The van der Waals surface area contributed by atoms with E-state index in [9.17, 15) is 10.2 Å². The maximum Gasteiger partial charge on any atom is 0.147 e. The third-order valence-electron chi connectivity index (χ3n) is 8.11. The number of hydrogen-bond donors (Lipinski definition) is 3. The summed E-state index contributed by atoms with van der Waals surface area (Å²) >= 11 is 0. The molecule has 25 heavy (non-hydrogen) atoms. The molecule has 5 aliphatic rings. The molecule has 0 aromatic rings. The molecule has 0 aromatic carbocycles. The topological polar surface area (TPSA) is 72.6 Å². The van der Waals surface area contributed by atoms with Crippen molar-refractivity contribution in [2.75, 3.05) is 27.0 Å². The van der Waals surface area contributed by atoms with Gasteiger partial charge in [0.2, 0.25) is 0 Å². The van der Waals surface area contributed by atoms with Crippen molar-refractivity contribution in [3.05, 3.63) is 0 Å². The Morgan fingerprint density at radius 1 is 0.880 bits per heavy atom. The summed E-state index contributed by atoms with van der Waals surface area (Å²) in [6, 6.07) is 0.618. The highest BCUT2D eigenvalue weighted by Gasteiger charge is 2.57. The lowest BCUT2D eigenvalue weighted by molar-refractivity contribution is -0.951. The molecule has 6 nitrogen and oxygen atoms in total. The predicted octanol–water partition coefficient (Wildman–Crippen LogP) is -0.812. The first-order valence-electron chi connectivity index (χ1n) is 10.1. The van der Waals surface area contributed by atoms with Crippen LogP contribution in [0.3, 0.4) is 0 Å². The number of rotatable bonds is 1. The van der Waals surface area contributed by atoms with Gasteiger partial charge in [-0.25, -0.2) is 0 Å². The average Bonchev–Trinajstić information content (AvgIpc) is 3.07. The van der Waals surface area contributed by atoms with Crippen LogP contribution < -0.4 is 4.90 Å². The van der Waals surface area contributed by atoms with Gasteiger partial charge in [0.15, 0.2) is 0 Å². The number of hydrogen-bond acceptors (Lipinski definition) is 5. The summed E-state index contributed by atoms with van der Waals surface area (Å²) in [5.74, 6) is 1.97. The first kappa shape index (κ1) is 16.9. The Kier molecular flexibility index (Phi) is 4.34. The van der Waals surface area contributed by atoms with Crippen molar-refractivity contribution in [1.29, 1.82) is 0 Å². The van der Waals surface area contributed by atoms with Crippen molar-refractivity contribution in [1.82, 2.24) is 0 Å². The normalized spacial score (nSPS) is 58.0. The van der Waals surface area contributed by atoms with Crippen LogP contribution in [0.15, 0.2) is 0 Å². The first-order chi connectivity index (χ1) is 12.2. The quantitative estimate of drug-likeness (QED) is 0.574. The summed E-state index contributed by atoms with van der Waals surface area (Å²) in [5.41, 5.74) is 0. The minimum absolute atomic E-state index is 0.0376. The summed E-state index contributed by atoms with van der Waals surface area (Å²) in [6.45, 7) is 2.28. The van der Waals surface area contributed by atoms with E-state index in [1.165, 1.54) is 11.3 Å². The molecule has 2 aliphatic carbocycles. The molecule has 0 amide bonds. The van der Waals surface area contributed by atoms with Gasteiger partial charge in [0.1, 0.15) is 19.4 Å². The Bertz CT molecular complexity index is 504. The number of aliphatic hydroxyl groups is 2. The molecule has 0 radical (unpaired) electrons. The zero-order valence-corrected chi connectivity index (χ0v) is 15.0. The van der Waals surface area contributed by atoms with E-state index in [1.54, 1.807) is 7.11 Å². The molecule has 142 valence electrons. The van der Waals surface area contributed by atoms with Gasteiger partial charge in [-0.05, 0) is 31.6 Å². The minimum Gasteiger partial charge on any atom is -0.390 e. The number of methoxy groups -OCH3 is 1. The van der Waals surface area contributed by atoms with Crippen molar-refractivity contribution in [3.63, 3.8) is 0 Å². The Hall–Kier alpha value is -0.240. The average molecular weight is 354 g/mol. The predicted molar refractivity (Wildman–Crippen MR) is 89.0 cm³/mol. The van der Waals surface area contributed by atoms with Gasteiger partial charge in [0, 0.05) is 31.3 Å². The van der Waals surface area contributed by atoms with Gasteiger partial charge in [0.05, 0.1) is 37.0 Å². The SMILES string of the molecule is COC1C(O)CCC2CC3C4CC5OCOC5CC4[C@@H](O)C[NH+]3CC21. The molecule has 10 unspecified atom stereocenters. The molecule has 3 aliphatic heterocycles. The van der Waals surface area contributed by atoms with Crippen LogP contribution >= 0.6 is 0 Å². The lowest BCUT2D eigenvalue weighted by Gasteiger charge is -2.55. The first-order valence-corrected chi connectivity index (χ1v) is 10.1. The van der Waals surface area contributed by atoms with Crippen LogP contribution in [-0.4, -0.2) is 73.8 Å². The molecule has 0 spiro atoms. The Morgan fingerprint density at radius 3 is 2.40 bits per heavy atom. The molecule has 6 heteroatoms. The number of piperidine rings is 2. The molecule has 2 saturated carbocycles. The van der Waals surface area contributed by atoms with E-state index in [0.29, 0.717) is 36.5 Å². The minimum atomic E-state index is -0.330. The fourth-order valence-electron chi connectivity index (χ4n) is 6.96. The summed E-state index contributed by atoms with van der Waals surface area (Å²) in [5, 5.41) is 21.2. The molecular weight excluding hydrogens is 322 g/mol. The van der Waals surface area contributed by atoms with E-state index in [2.05, 4.69) is 0 Å². The Labute approximate surface area is 149 Å². The number of nitrogens with one attached hydrogen (secondary N) is 1. The van der Waals surface area contributed by atoms with Crippen molar-refractivity contribution >= 4 is 0 Å². The molecule has 3 heterocycles. The fourth-order valence-corrected chi connectivity index (χ4v) is 6.96. The molecule has 3 saturated heterocycles. The second-order valence-corrected chi connectivity index (χ2v) is 9.07. The van der Waals surface area contributed by atoms with Gasteiger partial charge >= 0.3 is 0 Å². The molecule has 3 N–H and O–H groups in total. The van der Waals surface area contributed by atoms with Gasteiger partial charge in [0.25, 0.3) is 0 Å². The summed E-state index contributed by atoms with van der Waals surface area (Å²) in [4.78, 5) is 1.53. The Balaban J connectivity index is 1.37. The highest BCUT2D eigenvalue weighted by molar-refractivity contribution is 5.00. The maximum absolute atomic E-state index is 10.8. The highest BCUT2D eigenvalue weighted by Crippen LogP contribution is 2.45. The molecule has 11 atom stereocenters. The number of aliphatic hydroxyl groups excluding tert-OH is 2. The van der Waals surface area contributed by atoms with Crippen LogP contribution in [-0.2, 0) is 14.2 Å². The van der Waals surface area contributed by atoms with Crippen LogP contribution in [0.4, 0.5) is 0 Å². The van der Waals surface area contributed by atoms with Crippen LogP contribution in [0.1, 0.15) is 32.1 Å². The van der Waals surface area contributed by atoms with E-state index in [0.717, 1.165) is 38.8 Å². The standard InChI is InChI=1S/C19H31NO5/c1-23-19-13-7-20-8-16(22)12-6-18-17(24-9-25-18)5-11(12)14(20)4-10(13)2-3-15(19)21/h10-19,21-22H,2-9H2,1H3/p+1/t10?,11?,12?,13?,14?,15?,16-,17?,18?,19?/m0/s1. The molecular formula is C19H32NO5+. The van der Waals surface area contributed by atoms with Crippen molar-refractivity contribution in [2.24, 2.45) is 23.7 Å². The zero-order chi connectivity index (χ0) is 17.1. The number of fused-ring (bicyclic) bond motifs is 5. The highest BCUT2D eigenvalue weighted by atomic mass is 16.7. The molecule has 5 rings (SSSR count). The summed E-state index contributed by atoms with van der Waals surface area (Å²) in [6.07, 6.45) is 4.98. The van der Waals surface area contributed by atoms with E-state index < -0.39 is 0 Å². The van der Waals surface area contributed by atoms with Crippen LogP contribution in [0.5, 0.6) is 0 Å². The molecule has 0 aromatic heterocycles. The van der Waals surface area contributed by atoms with E-state index in [-0.39, 0.29) is 30.5 Å². The molecule has 0 bridgehead atoms. The molecule has 5 fully saturated rings. The third-order valence-corrected chi connectivity index (χ3v) is 8.11. The van der Waals surface area contributed by atoms with Crippen LogP contribution in [0.2, 0.25) is 0 Å². The van der Waals surface area contributed by atoms with Gasteiger partial charge in [-0.3, -0.25) is 0 Å². The van der Waals surface area contributed by atoms with Gasteiger partial charge < -0.3 is 29.3 Å². The van der Waals surface area contributed by atoms with Crippen LogP contribution in [0.25, 0.3) is 0 Å². The summed E-state index contributed by atoms with van der Waals surface area (Å²) in [7, 11) is 1.73. The smallest absolute Gasteiger partial charge is 0.147 e. The van der Waals surface area contributed by atoms with E-state index >= 15 is 0 Å². The third kappa shape index (κ3) is 2.68. The lowest BCUT2D eigenvalue weighted by atomic mass is 9.61. The van der Waals surface area contributed by atoms with E-state index in [1.807, 2.05) is 0 Å². The Morgan fingerprint density at radius 2 is 1.64 bits per heavy atom. The number of ether oxygens (including phenoxy) is 3. The zero-order valence-electron chi connectivity index (χ0n) is 15.0. The van der Waals surface area contributed by atoms with Crippen molar-refractivity contribution in [3.8, 4) is 0 Å². The van der Waals surface area contributed by atoms with E-state index in [4.69, 9.17) is 14.2 Å². The van der Waals surface area contributed by atoms with Gasteiger partial charge in [-0.2, -0.15) is 0 Å². The number of quaternary nitrogens is 1. The van der Waals surface area contributed by atoms with Gasteiger partial charge in [-0.15, -0.1) is 0 Å². The van der Waals surface area contributed by atoms with Crippen molar-refractivity contribution in [2.45, 2.75) is 68.7 Å². The second kappa shape index (κ2) is 6.43. The fraction of sp³-hybridized carbons (Fsp3) is 1.00. The van der Waals surface area contributed by atoms with Gasteiger partial charge in [-0.1, -0.05) is 0 Å². The van der Waals surface area contributed by atoms with Crippen LogP contribution in [0, 0.1) is 23.7 Å². The largest absolute Gasteiger partial charge is 0.390 e. The maximum atomic E-state index is 10.8. The summed E-state index contributed by atoms with van der Waals surface area (Å²) < 4.78 is 17.2. The van der Waals surface area contributed by atoms with Crippen molar-refractivity contribution < 1.29 is 29.3 Å². The monoisotopic (exact) mass is 354 g/mol. The second-order valence-electron chi connectivity index (χ2n) is 9.07.